The smallest absolute Gasteiger partial charge is 0.0253 e. The molecule has 0 amide bonds. The van der Waals surface area contributed by atoms with E-state index in [0.29, 0.717) is 10.8 Å². The molecule has 0 spiro atoms. The van der Waals surface area contributed by atoms with E-state index in [0.717, 1.165) is 12.8 Å². The molecule has 2 aliphatic rings. The second kappa shape index (κ2) is 27.9. The molecule has 0 atom stereocenters. The standard InChI is InChI=1S/2C13H9.C10H15.C9H13.2C3H6.4ClH.2Zr/c2*1-3-7-12-10(5-1)9-11-6-2-4-8-13(11)12;1-8-5-6-9(7-8)10(2,3)4;1-9(2,3)8-6-4-5-7-8;2*1-3-2;;;;;;/h2*1-5,7-8H,9H2;5-7H,1-4H3;4-7H,1-3H3;2*1-2H3;4*1H;;/q4*-1;;;;;;;2*+2. The zero-order chi connectivity index (χ0) is 39.2. The van der Waals surface area contributed by atoms with Gasteiger partial charge in [0, 0.05) is 0 Å². The third-order valence-corrected chi connectivity index (χ3v) is 8.54. The van der Waals surface area contributed by atoms with Crippen LogP contribution in [-0.4, -0.2) is 6.41 Å². The Kier molecular flexibility index (Phi) is 28.1. The minimum atomic E-state index is 0. The Morgan fingerprint density at radius 2 is 0.930 bits per heavy atom. The molecule has 6 aromatic rings. The maximum atomic E-state index is 3.30. The third kappa shape index (κ3) is 19.9. The van der Waals surface area contributed by atoms with Crippen molar-refractivity contribution in [2.45, 2.75) is 99.8 Å². The number of halogens is 4. The predicted molar refractivity (Wildman–Crippen MR) is 255 cm³/mol. The molecular formula is C51H62Cl4Zr2. The topological polar surface area (TPSA) is 0 Å². The van der Waals surface area contributed by atoms with Crippen molar-refractivity contribution in [3.05, 3.63) is 178 Å². The number of benzene rings is 4. The van der Waals surface area contributed by atoms with Gasteiger partial charge in [0.1, 0.15) is 0 Å². The van der Waals surface area contributed by atoms with Crippen LogP contribution in [0.2, 0.25) is 0 Å². The zero-order valence-corrected chi connectivity index (χ0v) is 43.9. The summed E-state index contributed by atoms with van der Waals surface area (Å²) in [5.41, 5.74) is 15.9. The molecule has 0 bridgehead atoms. The summed E-state index contributed by atoms with van der Waals surface area (Å²) in [5.74, 6) is 0. The molecule has 0 aromatic heterocycles. The monoisotopic (exact) mass is 994 g/mol. The summed E-state index contributed by atoms with van der Waals surface area (Å²) < 4.78 is 3.01. The average Bonchev–Trinajstić information content (AvgIpc) is 3.90. The van der Waals surface area contributed by atoms with Crippen molar-refractivity contribution < 1.29 is 48.5 Å². The molecule has 6 heteroatoms. The maximum Gasteiger partial charge on any atom is -0.0253 e. The van der Waals surface area contributed by atoms with Crippen molar-refractivity contribution >= 4 is 56.0 Å². The summed E-state index contributed by atoms with van der Waals surface area (Å²) in [5, 5.41) is 0. The molecule has 0 radical (unpaired) electrons. The van der Waals surface area contributed by atoms with Crippen LogP contribution in [0.5, 0.6) is 0 Å². The quantitative estimate of drug-likeness (QED) is 0.133. The molecular weight excluding hydrogens is 937 g/mol. The van der Waals surface area contributed by atoms with Crippen LogP contribution in [-0.2, 0) is 72.1 Å². The number of rotatable bonds is 0. The second-order valence-corrected chi connectivity index (χ2v) is 21.1. The molecule has 8 rings (SSSR count). The molecule has 0 saturated carbocycles. The van der Waals surface area contributed by atoms with Crippen LogP contribution >= 0.6 is 49.6 Å². The first kappa shape index (κ1) is 57.3. The maximum absolute atomic E-state index is 3.30. The Bertz CT molecular complexity index is 1840. The van der Waals surface area contributed by atoms with Gasteiger partial charge >= 0.3 is 82.6 Å². The fraction of sp³-hybridized carbons (Fsp3) is 0.294. The molecule has 0 fully saturated rings. The molecule has 0 unspecified atom stereocenters. The first-order valence-corrected chi connectivity index (χ1v) is 21.1. The van der Waals surface area contributed by atoms with Crippen molar-refractivity contribution in [3.8, 4) is 22.3 Å². The van der Waals surface area contributed by atoms with Gasteiger partial charge in [0.15, 0.2) is 0 Å². The first-order chi connectivity index (χ1) is 25.0. The number of aryl methyl sites for hydroxylation is 1. The van der Waals surface area contributed by atoms with Gasteiger partial charge in [-0.15, -0.1) is 60.8 Å². The van der Waals surface area contributed by atoms with E-state index in [1.54, 1.807) is 48.5 Å². The molecule has 302 valence electrons. The summed E-state index contributed by atoms with van der Waals surface area (Å²) in [6, 6.07) is 51.3. The Balaban J connectivity index is 0. The predicted octanol–water partition coefficient (Wildman–Crippen LogP) is 15.0. The Hall–Kier alpha value is -1.75. The third-order valence-electron chi connectivity index (χ3n) is 8.54. The van der Waals surface area contributed by atoms with Crippen molar-refractivity contribution in [1.29, 1.82) is 0 Å². The zero-order valence-electron chi connectivity index (χ0n) is 35.7. The molecule has 0 nitrogen and oxygen atoms in total. The second-order valence-electron chi connectivity index (χ2n) is 16.1. The molecule has 57 heavy (non-hydrogen) atoms. The Labute approximate surface area is 401 Å². The van der Waals surface area contributed by atoms with E-state index in [9.17, 15) is 0 Å². The van der Waals surface area contributed by atoms with Crippen LogP contribution < -0.4 is 0 Å². The van der Waals surface area contributed by atoms with E-state index in [4.69, 9.17) is 0 Å². The molecule has 2 aliphatic carbocycles. The Morgan fingerprint density at radius 3 is 1.23 bits per heavy atom. The van der Waals surface area contributed by atoms with Gasteiger partial charge in [-0.25, -0.2) is 12.1 Å². The van der Waals surface area contributed by atoms with E-state index >= 15 is 0 Å². The summed E-state index contributed by atoms with van der Waals surface area (Å²) in [6.45, 7) is 24.0. The fourth-order valence-electron chi connectivity index (χ4n) is 5.90. The molecule has 6 aromatic carbocycles. The van der Waals surface area contributed by atoms with Crippen LogP contribution in [0.15, 0.2) is 127 Å². The van der Waals surface area contributed by atoms with E-state index < -0.39 is 0 Å². The van der Waals surface area contributed by atoms with E-state index in [2.05, 4.69) is 204 Å². The largest absolute Gasteiger partial charge is 0.207 e. The SMILES string of the molecule is CC(C)(C)c1cc[cH-]c1.C[C](C)=[Zr+2].C[C](C)=[Zr+2].Cc1cc(C(C)(C)C)c[cH-]1.Cl.Cl.Cl.Cl.[c-]1cccc2c1Cc1ccccc1-2.[c-]1cccc2c1Cc1ccccc1-2. The van der Waals surface area contributed by atoms with Crippen LogP contribution in [0, 0.1) is 19.1 Å². The van der Waals surface area contributed by atoms with Crippen LogP contribution in [0.1, 0.15) is 108 Å². The molecule has 0 N–H and O–H groups in total. The van der Waals surface area contributed by atoms with E-state index in [-0.39, 0.29) is 49.6 Å². The molecule has 0 heterocycles. The molecule has 0 saturated heterocycles. The summed E-state index contributed by atoms with van der Waals surface area (Å²) in [4.78, 5) is 0. The van der Waals surface area contributed by atoms with E-state index in [1.165, 1.54) is 67.6 Å². The minimum Gasteiger partial charge on any atom is -0.207 e. The van der Waals surface area contributed by atoms with Gasteiger partial charge in [-0.1, -0.05) is 130 Å². The van der Waals surface area contributed by atoms with Gasteiger partial charge in [-0.3, -0.25) is 0 Å². The average molecular weight is 999 g/mol. The summed E-state index contributed by atoms with van der Waals surface area (Å²) >= 11 is 3.11. The minimum absolute atomic E-state index is 0. The normalized spacial score (nSPS) is 10.6. The Morgan fingerprint density at radius 1 is 0.544 bits per heavy atom. The van der Waals surface area contributed by atoms with Gasteiger partial charge in [-0.05, 0) is 12.8 Å². The number of hydrogen-bond acceptors (Lipinski definition) is 0. The van der Waals surface area contributed by atoms with Gasteiger partial charge in [0.05, 0.1) is 0 Å². The van der Waals surface area contributed by atoms with Gasteiger partial charge < -0.3 is 0 Å². The van der Waals surface area contributed by atoms with Crippen molar-refractivity contribution in [1.82, 2.24) is 0 Å². The van der Waals surface area contributed by atoms with Crippen molar-refractivity contribution in [2.24, 2.45) is 0 Å². The van der Waals surface area contributed by atoms with Gasteiger partial charge in [0.2, 0.25) is 0 Å². The van der Waals surface area contributed by atoms with Crippen molar-refractivity contribution in [3.63, 3.8) is 0 Å². The van der Waals surface area contributed by atoms with E-state index in [1.807, 2.05) is 12.1 Å². The van der Waals surface area contributed by atoms with Crippen molar-refractivity contribution in [2.75, 3.05) is 0 Å². The van der Waals surface area contributed by atoms with Gasteiger partial charge in [0.25, 0.3) is 0 Å². The summed E-state index contributed by atoms with van der Waals surface area (Å²) in [7, 11) is 0. The number of fused-ring (bicyclic) bond motifs is 6. The number of hydrogen-bond donors (Lipinski definition) is 0. The first-order valence-electron chi connectivity index (χ1n) is 18.6. The van der Waals surface area contributed by atoms with Crippen LogP contribution in [0.4, 0.5) is 0 Å². The summed E-state index contributed by atoms with van der Waals surface area (Å²) in [6.07, 6.45) is 2.10. The fourth-order valence-corrected chi connectivity index (χ4v) is 5.90. The van der Waals surface area contributed by atoms with Gasteiger partial charge in [-0.2, -0.15) is 107 Å². The molecule has 0 aliphatic heterocycles. The van der Waals surface area contributed by atoms with Crippen LogP contribution in [0.3, 0.4) is 0 Å². The van der Waals surface area contributed by atoms with Crippen LogP contribution in [0.25, 0.3) is 22.3 Å².